The van der Waals surface area contributed by atoms with Gasteiger partial charge in [-0.2, -0.15) is 0 Å². The lowest BCUT2D eigenvalue weighted by Crippen LogP contribution is -1.88. The predicted octanol–water partition coefficient (Wildman–Crippen LogP) is 2.62. The van der Waals surface area contributed by atoms with E-state index in [1.54, 1.807) is 23.9 Å². The Labute approximate surface area is 118 Å². The van der Waals surface area contributed by atoms with Gasteiger partial charge in [0, 0.05) is 5.75 Å². The summed E-state index contributed by atoms with van der Waals surface area (Å²) in [5.74, 6) is 5.35. The third-order valence-corrected chi connectivity index (χ3v) is 4.25. The molecule has 0 saturated carbocycles. The zero-order chi connectivity index (χ0) is 13.7. The fraction of sp³-hybridized carbons (Fsp3) is 0.231. The van der Waals surface area contributed by atoms with E-state index in [1.165, 1.54) is 17.4 Å². The summed E-state index contributed by atoms with van der Waals surface area (Å²) < 4.78 is 14.3. The second-order valence-electron chi connectivity index (χ2n) is 3.65. The Morgan fingerprint density at radius 1 is 1.42 bits per heavy atom. The second kappa shape index (κ2) is 6.66. The summed E-state index contributed by atoms with van der Waals surface area (Å²) in [4.78, 5) is 0. The Bertz CT molecular complexity index is 631. The highest BCUT2D eigenvalue weighted by Gasteiger charge is 2.05. The van der Waals surface area contributed by atoms with E-state index in [2.05, 4.69) is 22.0 Å². The first-order valence-electron chi connectivity index (χ1n) is 5.50. The first-order valence-corrected chi connectivity index (χ1v) is 7.30. The molecule has 0 aliphatic rings. The summed E-state index contributed by atoms with van der Waals surface area (Å²) in [6.45, 7) is 1.63. The molecule has 19 heavy (non-hydrogen) atoms. The van der Waals surface area contributed by atoms with Gasteiger partial charge >= 0.3 is 0 Å². The molecule has 0 fully saturated rings. The minimum Gasteiger partial charge on any atom is -0.384 e. The average Bonchev–Trinajstić information content (AvgIpc) is 2.82. The number of halogens is 1. The van der Waals surface area contributed by atoms with Gasteiger partial charge in [-0.05, 0) is 24.6 Å². The minimum atomic E-state index is -0.374. The summed E-state index contributed by atoms with van der Waals surface area (Å²) in [7, 11) is 0. The normalized spacial score (nSPS) is 10.1. The highest BCUT2D eigenvalue weighted by atomic mass is 32.2. The van der Waals surface area contributed by atoms with E-state index in [-0.39, 0.29) is 12.4 Å². The van der Waals surface area contributed by atoms with Crippen molar-refractivity contribution in [1.82, 2.24) is 10.2 Å². The number of aliphatic hydroxyl groups excluding tert-OH is 1. The number of nitrogens with zero attached hydrogens (tertiary/aromatic N) is 2. The Morgan fingerprint density at radius 3 is 2.95 bits per heavy atom. The minimum absolute atomic E-state index is 0.275. The fourth-order valence-corrected chi connectivity index (χ4v) is 3.13. The quantitative estimate of drug-likeness (QED) is 0.698. The molecule has 0 aliphatic heterocycles. The number of aromatic nitrogens is 2. The van der Waals surface area contributed by atoms with Gasteiger partial charge in [0.05, 0.1) is 5.56 Å². The molecule has 6 heteroatoms. The van der Waals surface area contributed by atoms with E-state index in [1.807, 2.05) is 6.92 Å². The standard InChI is InChI=1S/C13H11FN2OS2/c1-9-15-16-13(19-9)18-8-10-4-5-12(14)11(7-10)3-2-6-17/h4-5,7,17H,6,8H2,1H3. The topological polar surface area (TPSA) is 46.0 Å². The van der Waals surface area contributed by atoms with Crippen LogP contribution in [0.1, 0.15) is 16.1 Å². The Hall–Kier alpha value is -1.42. The Balaban J connectivity index is 2.08. The molecule has 0 unspecified atom stereocenters. The fourth-order valence-electron chi connectivity index (χ4n) is 1.37. The van der Waals surface area contributed by atoms with E-state index < -0.39 is 0 Å². The van der Waals surface area contributed by atoms with E-state index in [0.29, 0.717) is 11.3 Å². The molecule has 2 rings (SSSR count). The van der Waals surface area contributed by atoms with E-state index in [0.717, 1.165) is 14.9 Å². The maximum Gasteiger partial charge on any atom is 0.174 e. The van der Waals surface area contributed by atoms with Crippen LogP contribution in [-0.4, -0.2) is 21.9 Å². The van der Waals surface area contributed by atoms with Gasteiger partial charge in [0.15, 0.2) is 4.34 Å². The van der Waals surface area contributed by atoms with Crippen molar-refractivity contribution in [3.05, 3.63) is 40.2 Å². The molecule has 2 aromatic rings. The monoisotopic (exact) mass is 294 g/mol. The molecule has 1 heterocycles. The molecule has 0 saturated heterocycles. The van der Waals surface area contributed by atoms with E-state index in [9.17, 15) is 4.39 Å². The van der Waals surface area contributed by atoms with Crippen LogP contribution in [0.5, 0.6) is 0 Å². The number of aryl methyl sites for hydroxylation is 1. The molecule has 1 N–H and O–H groups in total. The SMILES string of the molecule is Cc1nnc(SCc2ccc(F)c(C#CCO)c2)s1. The molecule has 0 aliphatic carbocycles. The average molecular weight is 294 g/mol. The van der Waals surface area contributed by atoms with Crippen LogP contribution in [0.15, 0.2) is 22.5 Å². The molecule has 3 nitrogen and oxygen atoms in total. The summed E-state index contributed by atoms with van der Waals surface area (Å²) in [6.07, 6.45) is 0. The maximum absolute atomic E-state index is 13.4. The molecule has 0 bridgehead atoms. The van der Waals surface area contributed by atoms with Crippen LogP contribution in [0.2, 0.25) is 0 Å². The van der Waals surface area contributed by atoms with Crippen molar-refractivity contribution in [2.24, 2.45) is 0 Å². The van der Waals surface area contributed by atoms with Crippen LogP contribution in [0, 0.1) is 24.6 Å². The van der Waals surface area contributed by atoms with Gasteiger partial charge in [0.2, 0.25) is 0 Å². The van der Waals surface area contributed by atoms with Crippen LogP contribution < -0.4 is 0 Å². The van der Waals surface area contributed by atoms with E-state index in [4.69, 9.17) is 5.11 Å². The molecule has 1 aromatic carbocycles. The Morgan fingerprint density at radius 2 is 2.26 bits per heavy atom. The van der Waals surface area contributed by atoms with Gasteiger partial charge in [-0.1, -0.05) is 41.0 Å². The summed E-state index contributed by atoms with van der Waals surface area (Å²) in [5.41, 5.74) is 1.27. The van der Waals surface area contributed by atoms with Crippen LogP contribution in [0.3, 0.4) is 0 Å². The van der Waals surface area contributed by atoms with Crippen LogP contribution in [-0.2, 0) is 5.75 Å². The molecular weight excluding hydrogens is 283 g/mol. The number of hydrogen-bond acceptors (Lipinski definition) is 5. The zero-order valence-electron chi connectivity index (χ0n) is 10.2. The second-order valence-corrected chi connectivity index (χ2v) is 6.05. The van der Waals surface area contributed by atoms with Crippen LogP contribution in [0.4, 0.5) is 4.39 Å². The third kappa shape index (κ3) is 4.03. The van der Waals surface area contributed by atoms with Gasteiger partial charge < -0.3 is 5.11 Å². The number of rotatable bonds is 3. The molecule has 0 atom stereocenters. The van der Waals surface area contributed by atoms with Crippen molar-refractivity contribution < 1.29 is 9.50 Å². The van der Waals surface area contributed by atoms with Gasteiger partial charge in [-0.25, -0.2) is 4.39 Å². The highest BCUT2D eigenvalue weighted by molar-refractivity contribution is 8.00. The van der Waals surface area contributed by atoms with Crippen molar-refractivity contribution in [1.29, 1.82) is 0 Å². The maximum atomic E-state index is 13.4. The van der Waals surface area contributed by atoms with Crippen molar-refractivity contribution >= 4 is 23.1 Å². The van der Waals surface area contributed by atoms with Crippen LogP contribution >= 0.6 is 23.1 Å². The summed E-state index contributed by atoms with van der Waals surface area (Å²) >= 11 is 3.09. The lowest BCUT2D eigenvalue weighted by Gasteiger charge is -2.01. The van der Waals surface area contributed by atoms with Gasteiger partial charge in [0.1, 0.15) is 17.4 Å². The third-order valence-electron chi connectivity index (χ3n) is 2.20. The largest absolute Gasteiger partial charge is 0.384 e. The predicted molar refractivity (Wildman–Crippen MR) is 74.6 cm³/mol. The molecule has 0 radical (unpaired) electrons. The Kier molecular flexibility index (Phi) is 4.91. The van der Waals surface area contributed by atoms with Gasteiger partial charge in [-0.15, -0.1) is 10.2 Å². The van der Waals surface area contributed by atoms with E-state index >= 15 is 0 Å². The molecular formula is C13H11FN2OS2. The summed E-state index contributed by atoms with van der Waals surface area (Å²) in [6, 6.07) is 4.81. The van der Waals surface area contributed by atoms with Gasteiger partial charge in [-0.3, -0.25) is 0 Å². The number of hydrogen-bond donors (Lipinski definition) is 1. The smallest absolute Gasteiger partial charge is 0.174 e. The van der Waals surface area contributed by atoms with Crippen LogP contribution in [0.25, 0.3) is 0 Å². The zero-order valence-corrected chi connectivity index (χ0v) is 11.8. The molecule has 0 amide bonds. The first-order chi connectivity index (χ1) is 9.19. The van der Waals surface area contributed by atoms with Crippen molar-refractivity contribution in [2.45, 2.75) is 17.0 Å². The summed E-state index contributed by atoms with van der Waals surface area (Å²) in [5, 5.41) is 17.5. The number of benzene rings is 1. The van der Waals surface area contributed by atoms with Crippen molar-refractivity contribution in [2.75, 3.05) is 6.61 Å². The van der Waals surface area contributed by atoms with Gasteiger partial charge in [0.25, 0.3) is 0 Å². The highest BCUT2D eigenvalue weighted by Crippen LogP contribution is 2.26. The molecule has 0 spiro atoms. The lowest BCUT2D eigenvalue weighted by molar-refractivity contribution is 0.350. The number of thioether (sulfide) groups is 1. The van der Waals surface area contributed by atoms with Crippen molar-refractivity contribution in [3.8, 4) is 11.8 Å². The number of aliphatic hydroxyl groups is 1. The van der Waals surface area contributed by atoms with Crippen molar-refractivity contribution in [3.63, 3.8) is 0 Å². The first kappa shape index (κ1) is 14.0. The lowest BCUT2D eigenvalue weighted by atomic mass is 10.1. The molecule has 1 aromatic heterocycles. The molecule has 98 valence electrons.